The van der Waals surface area contributed by atoms with E-state index in [4.69, 9.17) is 13.3 Å². The SMILES string of the molecule is CC(C)O[Si](CCC=Cc1ccccc1)(OC(C)C)OC(C)C. The summed E-state index contributed by atoms with van der Waals surface area (Å²) in [6.07, 6.45) is 5.48. The zero-order valence-corrected chi connectivity index (χ0v) is 16.4. The number of hydrogen-bond acceptors (Lipinski definition) is 3. The Kier molecular flexibility index (Phi) is 8.77. The summed E-state index contributed by atoms with van der Waals surface area (Å²) < 4.78 is 18.5. The Morgan fingerprint density at radius 1 is 0.826 bits per heavy atom. The minimum absolute atomic E-state index is 0.0947. The van der Waals surface area contributed by atoms with Crippen LogP contribution in [0.15, 0.2) is 36.4 Å². The molecule has 1 aromatic rings. The lowest BCUT2D eigenvalue weighted by atomic mass is 10.2. The van der Waals surface area contributed by atoms with E-state index in [0.29, 0.717) is 0 Å². The highest BCUT2D eigenvalue weighted by Crippen LogP contribution is 2.24. The molecular weight excluding hydrogens is 304 g/mol. The summed E-state index contributed by atoms with van der Waals surface area (Å²) in [5.74, 6) is 0. The average molecular weight is 337 g/mol. The maximum absolute atomic E-state index is 6.17. The van der Waals surface area contributed by atoms with Gasteiger partial charge in [-0.3, -0.25) is 0 Å². The summed E-state index contributed by atoms with van der Waals surface area (Å²) in [4.78, 5) is 0. The maximum Gasteiger partial charge on any atom is 0.501 e. The van der Waals surface area contributed by atoms with Crippen LogP contribution in [0.2, 0.25) is 6.04 Å². The maximum atomic E-state index is 6.17. The number of rotatable bonds is 10. The quantitative estimate of drug-likeness (QED) is 0.542. The van der Waals surface area contributed by atoms with Crippen LogP contribution in [0, 0.1) is 0 Å². The smallest absolute Gasteiger partial charge is 0.371 e. The molecule has 0 heterocycles. The number of allylic oxidation sites excluding steroid dienone is 1. The van der Waals surface area contributed by atoms with Crippen LogP contribution in [0.3, 0.4) is 0 Å². The highest BCUT2D eigenvalue weighted by molar-refractivity contribution is 6.60. The Hall–Kier alpha value is -0.943. The molecule has 4 heteroatoms. The van der Waals surface area contributed by atoms with Crippen LogP contribution in [-0.4, -0.2) is 27.1 Å². The normalized spacial score (nSPS) is 12.9. The predicted molar refractivity (Wildman–Crippen MR) is 99.3 cm³/mol. The van der Waals surface area contributed by atoms with Crippen molar-refractivity contribution < 1.29 is 13.3 Å². The van der Waals surface area contributed by atoms with E-state index in [-0.39, 0.29) is 18.3 Å². The van der Waals surface area contributed by atoms with Gasteiger partial charge in [0.05, 0.1) is 0 Å². The van der Waals surface area contributed by atoms with Gasteiger partial charge in [0.15, 0.2) is 0 Å². The van der Waals surface area contributed by atoms with E-state index in [1.165, 1.54) is 5.56 Å². The second-order valence-corrected chi connectivity index (χ2v) is 9.11. The van der Waals surface area contributed by atoms with Crippen LogP contribution in [0.5, 0.6) is 0 Å². The van der Waals surface area contributed by atoms with E-state index in [9.17, 15) is 0 Å². The van der Waals surface area contributed by atoms with Crippen molar-refractivity contribution in [2.75, 3.05) is 0 Å². The molecule has 0 aliphatic rings. The van der Waals surface area contributed by atoms with Gasteiger partial charge in [-0.2, -0.15) is 0 Å². The standard InChI is InChI=1S/C19H32O3Si/c1-16(2)20-23(21-17(3)4,22-18(5)6)15-11-10-14-19-12-8-7-9-13-19/h7-10,12-14,16-18H,11,15H2,1-6H3. The third-order valence-corrected chi connectivity index (χ3v) is 6.37. The molecule has 0 radical (unpaired) electrons. The number of benzene rings is 1. The second kappa shape index (κ2) is 10.0. The Morgan fingerprint density at radius 2 is 1.30 bits per heavy atom. The molecule has 0 spiro atoms. The third kappa shape index (κ3) is 8.46. The van der Waals surface area contributed by atoms with Gasteiger partial charge in [-0.05, 0) is 53.5 Å². The highest BCUT2D eigenvalue weighted by atomic mass is 28.4. The van der Waals surface area contributed by atoms with Crippen molar-refractivity contribution in [1.82, 2.24) is 0 Å². The Labute approximate surface area is 143 Å². The molecule has 0 aromatic heterocycles. The van der Waals surface area contributed by atoms with E-state index >= 15 is 0 Å². The van der Waals surface area contributed by atoms with Gasteiger partial charge in [0, 0.05) is 24.4 Å². The van der Waals surface area contributed by atoms with E-state index in [2.05, 4.69) is 24.3 Å². The van der Waals surface area contributed by atoms with E-state index < -0.39 is 8.80 Å². The molecule has 0 fully saturated rings. The van der Waals surface area contributed by atoms with E-state index in [0.717, 1.165) is 12.5 Å². The Balaban J connectivity index is 2.75. The summed E-state index contributed by atoms with van der Waals surface area (Å²) in [7, 11) is -2.67. The molecule has 0 aliphatic carbocycles. The van der Waals surface area contributed by atoms with Crippen LogP contribution in [0.4, 0.5) is 0 Å². The topological polar surface area (TPSA) is 27.7 Å². The molecule has 0 N–H and O–H groups in total. The van der Waals surface area contributed by atoms with E-state index in [1.807, 2.05) is 59.7 Å². The first kappa shape index (κ1) is 20.1. The molecule has 0 saturated heterocycles. The molecule has 130 valence electrons. The zero-order valence-electron chi connectivity index (χ0n) is 15.4. The van der Waals surface area contributed by atoms with Gasteiger partial charge in [-0.25, -0.2) is 0 Å². The number of hydrogen-bond donors (Lipinski definition) is 0. The first-order chi connectivity index (χ1) is 10.8. The third-order valence-electron chi connectivity index (χ3n) is 2.97. The van der Waals surface area contributed by atoms with Crippen LogP contribution in [-0.2, 0) is 13.3 Å². The van der Waals surface area contributed by atoms with Crippen LogP contribution >= 0.6 is 0 Å². The van der Waals surface area contributed by atoms with Crippen molar-refractivity contribution in [3.8, 4) is 0 Å². The fourth-order valence-electron chi connectivity index (χ4n) is 2.38. The molecule has 0 atom stereocenters. The minimum Gasteiger partial charge on any atom is -0.371 e. The fourth-order valence-corrected chi connectivity index (χ4v) is 5.58. The predicted octanol–water partition coefficient (Wildman–Crippen LogP) is 5.30. The van der Waals surface area contributed by atoms with Gasteiger partial charge >= 0.3 is 8.80 Å². The van der Waals surface area contributed by atoms with Crippen molar-refractivity contribution in [2.24, 2.45) is 0 Å². The van der Waals surface area contributed by atoms with Gasteiger partial charge < -0.3 is 13.3 Å². The Bertz CT molecular complexity index is 428. The monoisotopic (exact) mass is 336 g/mol. The average Bonchev–Trinajstić information content (AvgIpc) is 2.42. The van der Waals surface area contributed by atoms with Crippen LogP contribution < -0.4 is 0 Å². The van der Waals surface area contributed by atoms with Gasteiger partial charge in [0.1, 0.15) is 0 Å². The van der Waals surface area contributed by atoms with Gasteiger partial charge in [-0.15, -0.1) is 0 Å². The van der Waals surface area contributed by atoms with Crippen molar-refractivity contribution in [3.63, 3.8) is 0 Å². The van der Waals surface area contributed by atoms with Gasteiger partial charge in [-0.1, -0.05) is 42.5 Å². The molecule has 0 bridgehead atoms. The summed E-state index contributed by atoms with van der Waals surface area (Å²) >= 11 is 0. The fraction of sp³-hybridized carbons (Fsp3) is 0.579. The lowest BCUT2D eigenvalue weighted by Gasteiger charge is -2.34. The van der Waals surface area contributed by atoms with Gasteiger partial charge in [0.2, 0.25) is 0 Å². The largest absolute Gasteiger partial charge is 0.501 e. The molecule has 0 unspecified atom stereocenters. The van der Waals surface area contributed by atoms with Crippen molar-refractivity contribution in [2.45, 2.75) is 72.3 Å². The first-order valence-electron chi connectivity index (χ1n) is 8.58. The molecule has 1 rings (SSSR count). The molecule has 0 saturated carbocycles. The van der Waals surface area contributed by atoms with E-state index in [1.54, 1.807) is 0 Å². The summed E-state index contributed by atoms with van der Waals surface area (Å²) in [6, 6.07) is 11.1. The minimum atomic E-state index is -2.67. The molecular formula is C19H32O3Si. The molecule has 3 nitrogen and oxygen atoms in total. The molecule has 0 amide bonds. The Morgan fingerprint density at radius 3 is 1.74 bits per heavy atom. The summed E-state index contributed by atoms with van der Waals surface area (Å²) in [5.41, 5.74) is 1.21. The lowest BCUT2D eigenvalue weighted by Crippen LogP contribution is -2.50. The van der Waals surface area contributed by atoms with Crippen LogP contribution in [0.25, 0.3) is 6.08 Å². The zero-order chi connectivity index (χ0) is 17.3. The van der Waals surface area contributed by atoms with Gasteiger partial charge in [0.25, 0.3) is 0 Å². The second-order valence-electron chi connectivity index (χ2n) is 6.53. The highest BCUT2D eigenvalue weighted by Gasteiger charge is 2.43. The summed E-state index contributed by atoms with van der Waals surface area (Å²) in [6.45, 7) is 12.2. The molecule has 0 aliphatic heterocycles. The summed E-state index contributed by atoms with van der Waals surface area (Å²) in [5, 5.41) is 0. The van der Waals surface area contributed by atoms with Crippen molar-refractivity contribution in [3.05, 3.63) is 42.0 Å². The molecule has 23 heavy (non-hydrogen) atoms. The van der Waals surface area contributed by atoms with Crippen molar-refractivity contribution in [1.29, 1.82) is 0 Å². The van der Waals surface area contributed by atoms with Crippen LogP contribution in [0.1, 0.15) is 53.5 Å². The molecule has 1 aromatic carbocycles. The lowest BCUT2D eigenvalue weighted by molar-refractivity contribution is 0.00345. The first-order valence-corrected chi connectivity index (χ1v) is 10.5. The van der Waals surface area contributed by atoms with Crippen molar-refractivity contribution >= 4 is 14.9 Å².